The minimum atomic E-state index is -4.93. The monoisotopic (exact) mass is 643 g/mol. The van der Waals surface area contributed by atoms with E-state index in [1.807, 2.05) is 0 Å². The van der Waals surface area contributed by atoms with Gasteiger partial charge >= 0.3 is 6.18 Å². The smallest absolute Gasteiger partial charge is 0.416 e. The summed E-state index contributed by atoms with van der Waals surface area (Å²) in [6.45, 7) is 0.212. The largest absolute Gasteiger partial charge is 0.492 e. The highest BCUT2D eigenvalue weighted by Crippen LogP contribution is 2.42. The molecule has 3 aromatic rings. The van der Waals surface area contributed by atoms with E-state index in [1.165, 1.54) is 22.5 Å². The maximum atomic E-state index is 14.2. The summed E-state index contributed by atoms with van der Waals surface area (Å²) >= 11 is 6.29. The number of hydrogen-bond acceptors (Lipinski definition) is 5. The zero-order chi connectivity index (χ0) is 31.3. The Morgan fingerprint density at radius 2 is 1.86 bits per heavy atom. The number of anilines is 1. The highest BCUT2D eigenvalue weighted by Gasteiger charge is 2.37. The molecule has 15 heteroatoms. The molecule has 0 spiro atoms. The fourth-order valence-electron chi connectivity index (χ4n) is 5.25. The predicted molar refractivity (Wildman–Crippen MR) is 147 cm³/mol. The zero-order valence-corrected chi connectivity index (χ0v) is 23.8. The number of amides is 2. The van der Waals surface area contributed by atoms with Crippen molar-refractivity contribution in [2.75, 3.05) is 24.7 Å². The van der Waals surface area contributed by atoms with E-state index in [-0.39, 0.29) is 45.8 Å². The molecule has 3 aromatic carbocycles. The lowest BCUT2D eigenvalue weighted by Gasteiger charge is -2.23. The van der Waals surface area contributed by atoms with Gasteiger partial charge in [-0.25, -0.2) is 17.2 Å². The van der Waals surface area contributed by atoms with Crippen molar-refractivity contribution in [3.05, 3.63) is 93.0 Å². The van der Waals surface area contributed by atoms with Gasteiger partial charge in [-0.2, -0.15) is 17.5 Å². The molecule has 2 heterocycles. The van der Waals surface area contributed by atoms with E-state index in [0.29, 0.717) is 31.5 Å². The standard InChI is InChI=1S/C28H23ClF5N3O5S/c1-43(40,41)37-6-2-3-18(37)13-42-19-11-21-24(25(36-27(21)39)20-10-16(30)4-5-22(20)29)23(12-19)35-26(38)14-7-15(28(32,33)34)9-17(31)8-14/h4-5,7-12,18,25H,2-3,6,13H2,1H3,(H,35,38)(H,36,39)/t18-,25?/m1/s1. The molecule has 1 unspecified atom stereocenters. The van der Waals surface area contributed by atoms with Crippen LogP contribution in [-0.4, -0.2) is 50.0 Å². The van der Waals surface area contributed by atoms with E-state index in [2.05, 4.69) is 10.6 Å². The number of fused-ring (bicyclic) bond motifs is 1. The Hall–Kier alpha value is -3.75. The molecule has 2 N–H and O–H groups in total. The van der Waals surface area contributed by atoms with Crippen LogP contribution in [0.1, 0.15) is 56.3 Å². The summed E-state index contributed by atoms with van der Waals surface area (Å²) in [5, 5.41) is 5.17. The summed E-state index contributed by atoms with van der Waals surface area (Å²) in [5.74, 6) is -3.71. The van der Waals surface area contributed by atoms with Crippen LogP contribution in [0.25, 0.3) is 0 Å². The highest BCUT2D eigenvalue weighted by atomic mass is 35.5. The van der Waals surface area contributed by atoms with Gasteiger partial charge in [0, 0.05) is 34.3 Å². The summed E-state index contributed by atoms with van der Waals surface area (Å²) < 4.78 is 99.5. The lowest BCUT2D eigenvalue weighted by Crippen LogP contribution is -2.38. The fourth-order valence-corrected chi connectivity index (χ4v) is 6.64. The second kappa shape index (κ2) is 11.4. The van der Waals surface area contributed by atoms with E-state index in [9.17, 15) is 40.0 Å². The average molecular weight is 644 g/mol. The van der Waals surface area contributed by atoms with Crippen molar-refractivity contribution in [1.82, 2.24) is 9.62 Å². The van der Waals surface area contributed by atoms with Gasteiger partial charge < -0.3 is 15.4 Å². The van der Waals surface area contributed by atoms with Gasteiger partial charge in [0.2, 0.25) is 10.0 Å². The molecule has 2 amide bonds. The Morgan fingerprint density at radius 1 is 1.12 bits per heavy atom. The average Bonchev–Trinajstić information content (AvgIpc) is 3.53. The van der Waals surface area contributed by atoms with Crippen LogP contribution in [-0.2, 0) is 16.2 Å². The van der Waals surface area contributed by atoms with Crippen LogP contribution < -0.4 is 15.4 Å². The lowest BCUT2D eigenvalue weighted by molar-refractivity contribution is -0.137. The molecular formula is C28H23ClF5N3O5S. The van der Waals surface area contributed by atoms with Gasteiger partial charge in [0.05, 0.1) is 35.2 Å². The molecule has 2 atom stereocenters. The summed E-state index contributed by atoms with van der Waals surface area (Å²) in [7, 11) is -3.51. The van der Waals surface area contributed by atoms with Gasteiger partial charge in [-0.1, -0.05) is 11.6 Å². The number of hydrogen-bond donors (Lipinski definition) is 2. The van der Waals surface area contributed by atoms with Gasteiger partial charge in [0.15, 0.2) is 0 Å². The Balaban J connectivity index is 1.55. The van der Waals surface area contributed by atoms with Crippen LogP contribution in [0.4, 0.5) is 27.6 Å². The quantitative estimate of drug-likeness (QED) is 0.330. The molecule has 0 bridgehead atoms. The number of ether oxygens (including phenoxy) is 1. The highest BCUT2D eigenvalue weighted by molar-refractivity contribution is 7.88. The predicted octanol–water partition coefficient (Wildman–Crippen LogP) is 5.52. The molecule has 5 rings (SSSR count). The third-order valence-electron chi connectivity index (χ3n) is 7.16. The van der Waals surface area contributed by atoms with Gasteiger partial charge in [0.25, 0.3) is 11.8 Å². The van der Waals surface area contributed by atoms with E-state index in [4.69, 9.17) is 16.3 Å². The number of alkyl halides is 3. The van der Waals surface area contributed by atoms with Crippen molar-refractivity contribution in [2.24, 2.45) is 0 Å². The first-order valence-electron chi connectivity index (χ1n) is 12.8. The number of nitrogens with one attached hydrogen (secondary N) is 2. The first-order chi connectivity index (χ1) is 20.1. The number of rotatable bonds is 7. The van der Waals surface area contributed by atoms with Gasteiger partial charge in [-0.3, -0.25) is 9.59 Å². The van der Waals surface area contributed by atoms with Crippen LogP contribution in [0.2, 0.25) is 5.02 Å². The minimum absolute atomic E-state index is 0.0141. The van der Waals surface area contributed by atoms with Crippen molar-refractivity contribution in [3.8, 4) is 5.75 Å². The molecular weight excluding hydrogens is 621 g/mol. The maximum absolute atomic E-state index is 14.2. The maximum Gasteiger partial charge on any atom is 0.416 e. The molecule has 0 saturated carbocycles. The number of nitrogens with zero attached hydrogens (tertiary/aromatic N) is 1. The number of halogens is 6. The molecule has 43 heavy (non-hydrogen) atoms. The second-order valence-corrected chi connectivity index (χ2v) is 12.5. The SMILES string of the molecule is CS(=O)(=O)N1CCC[C@@H]1COc1cc(NC(=O)c2cc(F)cc(C(F)(F)F)c2)c2c(c1)C(=O)NC2c1cc(F)ccc1Cl. The molecule has 0 radical (unpaired) electrons. The summed E-state index contributed by atoms with van der Waals surface area (Å²) in [5.41, 5.74) is -1.90. The van der Waals surface area contributed by atoms with Crippen molar-refractivity contribution in [3.63, 3.8) is 0 Å². The number of carbonyl (C=O) groups is 2. The Morgan fingerprint density at radius 3 is 2.56 bits per heavy atom. The van der Waals surface area contributed by atoms with Crippen LogP contribution in [0.5, 0.6) is 5.75 Å². The van der Waals surface area contributed by atoms with E-state index < -0.39 is 62.9 Å². The van der Waals surface area contributed by atoms with E-state index in [0.717, 1.165) is 18.4 Å². The van der Waals surface area contributed by atoms with Crippen LogP contribution >= 0.6 is 11.6 Å². The summed E-state index contributed by atoms with van der Waals surface area (Å²) in [6, 6.07) is 5.86. The first kappa shape index (κ1) is 30.7. The Bertz CT molecular complexity index is 1730. The Labute approximate surface area is 247 Å². The van der Waals surface area contributed by atoms with Crippen molar-refractivity contribution in [2.45, 2.75) is 31.1 Å². The van der Waals surface area contributed by atoms with Crippen LogP contribution in [0, 0.1) is 11.6 Å². The van der Waals surface area contributed by atoms with Crippen molar-refractivity contribution >= 4 is 39.1 Å². The molecule has 1 fully saturated rings. The van der Waals surface area contributed by atoms with Crippen LogP contribution in [0.15, 0.2) is 48.5 Å². The van der Waals surface area contributed by atoms with Crippen molar-refractivity contribution < 1.29 is 44.7 Å². The number of sulfonamides is 1. The first-order valence-corrected chi connectivity index (χ1v) is 15.1. The number of benzene rings is 3. The van der Waals surface area contributed by atoms with Gasteiger partial charge in [0.1, 0.15) is 24.0 Å². The molecule has 1 saturated heterocycles. The van der Waals surface area contributed by atoms with Gasteiger partial charge in [-0.15, -0.1) is 0 Å². The molecule has 0 aliphatic carbocycles. The number of carbonyl (C=O) groups excluding carboxylic acids is 2. The molecule has 0 aromatic heterocycles. The molecule has 2 aliphatic heterocycles. The molecule has 228 valence electrons. The fraction of sp³-hybridized carbons (Fsp3) is 0.286. The van der Waals surface area contributed by atoms with Gasteiger partial charge in [-0.05, 0) is 55.3 Å². The van der Waals surface area contributed by atoms with Crippen LogP contribution in [0.3, 0.4) is 0 Å². The third kappa shape index (κ3) is 6.45. The molecule has 2 aliphatic rings. The normalized spacial score (nSPS) is 18.8. The molecule has 8 nitrogen and oxygen atoms in total. The van der Waals surface area contributed by atoms with E-state index >= 15 is 0 Å². The van der Waals surface area contributed by atoms with Crippen molar-refractivity contribution in [1.29, 1.82) is 0 Å². The topological polar surface area (TPSA) is 105 Å². The summed E-state index contributed by atoms with van der Waals surface area (Å²) in [4.78, 5) is 26.2. The third-order valence-corrected chi connectivity index (χ3v) is 8.84. The lowest BCUT2D eigenvalue weighted by atomic mass is 9.95. The zero-order valence-electron chi connectivity index (χ0n) is 22.3. The van der Waals surface area contributed by atoms with E-state index in [1.54, 1.807) is 0 Å². The minimum Gasteiger partial charge on any atom is -0.492 e. The summed E-state index contributed by atoms with van der Waals surface area (Å²) in [6.07, 6.45) is -2.73. The Kier molecular flexibility index (Phi) is 8.13. The second-order valence-electron chi connectivity index (χ2n) is 10.2.